The van der Waals surface area contributed by atoms with Gasteiger partial charge in [0.1, 0.15) is 17.0 Å². The molecule has 126 valence electrons. The number of hydrogen-bond donors (Lipinski definition) is 3. The van der Waals surface area contributed by atoms with E-state index >= 15 is 0 Å². The van der Waals surface area contributed by atoms with Crippen LogP contribution in [0.4, 0.5) is 11.5 Å². The molecule has 0 aliphatic carbocycles. The minimum absolute atomic E-state index is 0.268. The molecule has 6 nitrogen and oxygen atoms in total. The Balaban J connectivity index is 1.69. The largest absolute Gasteiger partial charge is 0.393 e. The molecule has 0 spiro atoms. The normalized spacial score (nSPS) is 10.3. The first kappa shape index (κ1) is 16.8. The van der Waals surface area contributed by atoms with E-state index < -0.39 is 0 Å². The maximum Gasteiger partial charge on any atom is 0.269 e. The first-order valence-corrected chi connectivity index (χ1v) is 8.41. The van der Waals surface area contributed by atoms with Crippen molar-refractivity contribution in [2.24, 2.45) is 0 Å². The van der Waals surface area contributed by atoms with Crippen molar-refractivity contribution in [1.82, 2.24) is 15.4 Å². The van der Waals surface area contributed by atoms with Crippen LogP contribution in [0.5, 0.6) is 0 Å². The molecule has 25 heavy (non-hydrogen) atoms. The first-order chi connectivity index (χ1) is 12.1. The van der Waals surface area contributed by atoms with Crippen LogP contribution in [0.2, 0.25) is 0 Å². The van der Waals surface area contributed by atoms with E-state index in [1.165, 1.54) is 18.1 Å². The zero-order valence-electron chi connectivity index (χ0n) is 13.6. The van der Waals surface area contributed by atoms with Gasteiger partial charge >= 0.3 is 0 Å². The van der Waals surface area contributed by atoms with Crippen LogP contribution in [-0.2, 0) is 0 Å². The first-order valence-electron chi connectivity index (χ1n) is 7.60. The van der Waals surface area contributed by atoms with Crippen LogP contribution in [0.1, 0.15) is 15.9 Å². The number of nitrogens with one attached hydrogen (secondary N) is 2. The minimum atomic E-state index is -0.268. The minimum Gasteiger partial charge on any atom is -0.393 e. The SMILES string of the molecule is Cc1ccc(C(=O)NNc2ncnc(Sc3ccccc3)c2N)cc1. The van der Waals surface area contributed by atoms with Crippen LogP contribution in [0.15, 0.2) is 70.8 Å². The standard InChI is InChI=1S/C18H17N5OS/c1-12-7-9-13(10-8-12)17(24)23-22-16-15(19)18(21-11-20-16)25-14-5-3-2-4-6-14/h2-11H,19H2,1H3,(H,23,24)(H,20,21,22). The van der Waals surface area contributed by atoms with E-state index in [9.17, 15) is 4.79 Å². The number of amides is 1. The number of carbonyl (C=O) groups is 1. The van der Waals surface area contributed by atoms with E-state index in [1.807, 2.05) is 49.4 Å². The average Bonchev–Trinajstić information content (AvgIpc) is 2.63. The molecule has 0 aliphatic heterocycles. The second kappa shape index (κ2) is 7.67. The van der Waals surface area contributed by atoms with Gasteiger partial charge in [0.2, 0.25) is 0 Å². The molecule has 0 saturated carbocycles. The van der Waals surface area contributed by atoms with Crippen molar-refractivity contribution in [3.05, 3.63) is 72.1 Å². The Morgan fingerprint density at radius 1 is 1.04 bits per heavy atom. The molecule has 7 heteroatoms. The molecule has 1 amide bonds. The molecule has 0 radical (unpaired) electrons. The Morgan fingerprint density at radius 3 is 2.48 bits per heavy atom. The number of rotatable bonds is 5. The van der Waals surface area contributed by atoms with E-state index in [0.29, 0.717) is 22.1 Å². The van der Waals surface area contributed by atoms with E-state index in [2.05, 4.69) is 20.8 Å². The highest BCUT2D eigenvalue weighted by atomic mass is 32.2. The van der Waals surface area contributed by atoms with E-state index in [0.717, 1.165) is 10.5 Å². The molecule has 1 aromatic heterocycles. The third kappa shape index (κ3) is 4.27. The Labute approximate surface area is 149 Å². The van der Waals surface area contributed by atoms with Crippen molar-refractivity contribution in [1.29, 1.82) is 0 Å². The molecule has 0 unspecified atom stereocenters. The fourth-order valence-electron chi connectivity index (χ4n) is 2.05. The fraction of sp³-hybridized carbons (Fsp3) is 0.0556. The van der Waals surface area contributed by atoms with Gasteiger partial charge in [0.25, 0.3) is 5.91 Å². The van der Waals surface area contributed by atoms with E-state index in [1.54, 1.807) is 12.1 Å². The molecule has 3 aromatic rings. The van der Waals surface area contributed by atoms with Gasteiger partial charge in [-0.25, -0.2) is 9.97 Å². The van der Waals surface area contributed by atoms with Crippen molar-refractivity contribution in [2.75, 3.05) is 11.2 Å². The summed E-state index contributed by atoms with van der Waals surface area (Å²) in [6.07, 6.45) is 1.40. The second-order valence-corrected chi connectivity index (χ2v) is 6.36. The van der Waals surface area contributed by atoms with Crippen LogP contribution in [0.3, 0.4) is 0 Å². The van der Waals surface area contributed by atoms with Crippen molar-refractivity contribution >= 4 is 29.2 Å². The highest BCUT2D eigenvalue weighted by molar-refractivity contribution is 7.99. The molecule has 0 bridgehead atoms. The molecule has 0 saturated heterocycles. The maximum atomic E-state index is 12.2. The monoisotopic (exact) mass is 351 g/mol. The quantitative estimate of drug-likeness (QED) is 0.482. The Bertz CT molecular complexity index is 868. The van der Waals surface area contributed by atoms with Gasteiger partial charge < -0.3 is 5.73 Å². The summed E-state index contributed by atoms with van der Waals surface area (Å²) >= 11 is 1.43. The van der Waals surface area contributed by atoms with E-state index in [4.69, 9.17) is 5.73 Å². The van der Waals surface area contributed by atoms with Crippen LogP contribution < -0.4 is 16.6 Å². The number of nitrogens with two attached hydrogens (primary N) is 1. The summed E-state index contributed by atoms with van der Waals surface area (Å²) in [7, 11) is 0. The summed E-state index contributed by atoms with van der Waals surface area (Å²) in [6.45, 7) is 1.97. The molecular weight excluding hydrogens is 334 g/mol. The zero-order valence-corrected chi connectivity index (χ0v) is 14.4. The fourth-order valence-corrected chi connectivity index (χ4v) is 2.88. The summed E-state index contributed by atoms with van der Waals surface area (Å²) in [5, 5.41) is 0.619. The lowest BCUT2D eigenvalue weighted by Gasteiger charge is -2.12. The van der Waals surface area contributed by atoms with Gasteiger partial charge in [-0.3, -0.25) is 15.6 Å². The molecule has 3 rings (SSSR count). The molecule has 2 aromatic carbocycles. The number of hydrogen-bond acceptors (Lipinski definition) is 6. The highest BCUT2D eigenvalue weighted by Crippen LogP contribution is 2.32. The van der Waals surface area contributed by atoms with Gasteiger partial charge in [-0.1, -0.05) is 47.7 Å². The van der Waals surface area contributed by atoms with Gasteiger partial charge in [-0.05, 0) is 31.2 Å². The molecule has 1 heterocycles. The lowest BCUT2D eigenvalue weighted by atomic mass is 10.1. The molecule has 0 aliphatic rings. The van der Waals surface area contributed by atoms with Crippen molar-refractivity contribution in [3.8, 4) is 0 Å². The van der Waals surface area contributed by atoms with Crippen LogP contribution in [0, 0.1) is 6.92 Å². The van der Waals surface area contributed by atoms with Gasteiger partial charge in [-0.15, -0.1) is 0 Å². The number of hydrazine groups is 1. The van der Waals surface area contributed by atoms with Gasteiger partial charge in [0.05, 0.1) is 0 Å². The number of nitrogens with zero attached hydrogens (tertiary/aromatic N) is 2. The van der Waals surface area contributed by atoms with Crippen LogP contribution in [0.25, 0.3) is 0 Å². The predicted molar refractivity (Wildman–Crippen MR) is 99.3 cm³/mol. The lowest BCUT2D eigenvalue weighted by molar-refractivity contribution is 0.0962. The number of benzene rings is 2. The Morgan fingerprint density at radius 2 is 1.76 bits per heavy atom. The number of nitrogen functional groups attached to an aromatic ring is 1. The summed E-state index contributed by atoms with van der Waals surface area (Å²) in [5.41, 5.74) is 13.5. The average molecular weight is 351 g/mol. The van der Waals surface area contributed by atoms with Crippen molar-refractivity contribution in [3.63, 3.8) is 0 Å². The third-order valence-electron chi connectivity index (χ3n) is 3.41. The second-order valence-electron chi connectivity index (χ2n) is 5.30. The summed E-state index contributed by atoms with van der Waals surface area (Å²) in [5.74, 6) is 0.0872. The summed E-state index contributed by atoms with van der Waals surface area (Å²) in [6, 6.07) is 17.0. The topological polar surface area (TPSA) is 92.9 Å². The Hall–Kier alpha value is -3.06. The summed E-state index contributed by atoms with van der Waals surface area (Å²) < 4.78 is 0. The smallest absolute Gasteiger partial charge is 0.269 e. The number of aromatic nitrogens is 2. The van der Waals surface area contributed by atoms with Gasteiger partial charge in [0.15, 0.2) is 5.82 Å². The predicted octanol–water partition coefficient (Wildman–Crippen LogP) is 3.28. The highest BCUT2D eigenvalue weighted by Gasteiger charge is 2.11. The molecule has 4 N–H and O–H groups in total. The summed E-state index contributed by atoms with van der Waals surface area (Å²) in [4.78, 5) is 21.5. The van der Waals surface area contributed by atoms with Crippen LogP contribution >= 0.6 is 11.8 Å². The van der Waals surface area contributed by atoms with Crippen molar-refractivity contribution < 1.29 is 4.79 Å². The van der Waals surface area contributed by atoms with Crippen molar-refractivity contribution in [2.45, 2.75) is 16.8 Å². The maximum absolute atomic E-state index is 12.2. The molecule has 0 atom stereocenters. The lowest BCUT2D eigenvalue weighted by Crippen LogP contribution is -2.30. The molecule has 0 fully saturated rings. The van der Waals surface area contributed by atoms with Gasteiger partial charge in [0, 0.05) is 10.5 Å². The number of anilines is 2. The number of aryl methyl sites for hydroxylation is 1. The van der Waals surface area contributed by atoms with E-state index in [-0.39, 0.29) is 5.91 Å². The van der Waals surface area contributed by atoms with Gasteiger partial charge in [-0.2, -0.15) is 0 Å². The van der Waals surface area contributed by atoms with Crippen LogP contribution in [-0.4, -0.2) is 15.9 Å². The Kier molecular flexibility index (Phi) is 5.15. The third-order valence-corrected chi connectivity index (χ3v) is 4.44. The number of carbonyl (C=O) groups excluding carboxylic acids is 1. The molecular formula is C18H17N5OS. The zero-order chi connectivity index (χ0) is 17.6.